The van der Waals surface area contributed by atoms with E-state index in [9.17, 15) is 22.8 Å². The van der Waals surface area contributed by atoms with E-state index in [2.05, 4.69) is 10.6 Å². The van der Waals surface area contributed by atoms with Crippen molar-refractivity contribution in [1.82, 2.24) is 10.6 Å². The number of hydrogen-bond acceptors (Lipinski definition) is 9. The molecule has 0 heterocycles. The molecule has 0 aliphatic heterocycles. The number of benzene rings is 1. The van der Waals surface area contributed by atoms with Crippen molar-refractivity contribution in [3.05, 3.63) is 29.8 Å². The molecule has 192 valence electrons. The molecule has 1 aromatic rings. The first kappa shape index (κ1) is 29.6. The molecule has 1 aromatic carbocycles. The molecule has 0 bridgehead atoms. The highest BCUT2D eigenvalue weighted by molar-refractivity contribution is 7.89. The van der Waals surface area contributed by atoms with Gasteiger partial charge >= 0.3 is 0 Å². The zero-order valence-electron chi connectivity index (χ0n) is 19.5. The van der Waals surface area contributed by atoms with Crippen molar-refractivity contribution in [3.63, 3.8) is 0 Å². The molecule has 8 N–H and O–H groups in total. The van der Waals surface area contributed by atoms with Crippen molar-refractivity contribution in [2.24, 2.45) is 22.5 Å². The molecule has 0 saturated carbocycles. The summed E-state index contributed by atoms with van der Waals surface area (Å²) in [5.41, 5.74) is 11.7. The fourth-order valence-electron chi connectivity index (χ4n) is 2.80. The maximum absolute atomic E-state index is 12.0. The van der Waals surface area contributed by atoms with E-state index in [0.29, 0.717) is 12.0 Å². The van der Waals surface area contributed by atoms with Crippen molar-refractivity contribution in [2.45, 2.75) is 37.2 Å². The van der Waals surface area contributed by atoms with Crippen LogP contribution in [0.15, 0.2) is 29.2 Å². The number of carbonyl (C=O) groups is 3. The van der Waals surface area contributed by atoms with Crippen LogP contribution in [0.25, 0.3) is 0 Å². The minimum Gasteiger partial charge on any atom is -0.377 e. The normalized spacial score (nSPS) is 13.4. The highest BCUT2D eigenvalue weighted by Crippen LogP contribution is 2.08. The zero-order valence-corrected chi connectivity index (χ0v) is 20.3. The van der Waals surface area contributed by atoms with Crippen LogP contribution in [0.1, 0.15) is 30.6 Å². The van der Waals surface area contributed by atoms with Crippen molar-refractivity contribution < 1.29 is 32.3 Å². The third-order valence-corrected chi connectivity index (χ3v) is 5.50. The number of ketones is 1. The van der Waals surface area contributed by atoms with Gasteiger partial charge < -0.3 is 31.6 Å². The summed E-state index contributed by atoms with van der Waals surface area (Å²) in [5.74, 6) is -1.25. The van der Waals surface area contributed by atoms with Gasteiger partial charge in [-0.05, 0) is 36.6 Å². The molecule has 12 nitrogen and oxygen atoms in total. The third kappa shape index (κ3) is 11.1. The van der Waals surface area contributed by atoms with Crippen molar-refractivity contribution in [3.8, 4) is 0 Å². The number of hydrogen-bond donors (Lipinski definition) is 5. The summed E-state index contributed by atoms with van der Waals surface area (Å²) >= 11 is 0. The SMILES string of the molecule is CC(C)CC(N)C(=O)[C@@H](N)C(=O)NCCOCCOCCNC(=O)c1ccc(S(N)(=O)=O)cc1. The van der Waals surface area contributed by atoms with Crippen molar-refractivity contribution >= 4 is 27.6 Å². The molecular weight excluding hydrogens is 466 g/mol. The minimum atomic E-state index is -3.81. The number of amides is 2. The Balaban J connectivity index is 2.10. The lowest BCUT2D eigenvalue weighted by molar-refractivity contribution is -0.131. The minimum absolute atomic E-state index is 0.0749. The number of Topliss-reactive ketones (excluding diaryl/α,β-unsaturated/α-hetero) is 1. The molecule has 2 amide bonds. The molecular formula is C21H35N5O7S. The van der Waals surface area contributed by atoms with Gasteiger partial charge in [-0.25, -0.2) is 13.6 Å². The summed E-state index contributed by atoms with van der Waals surface area (Å²) in [6.45, 7) is 5.27. The Labute approximate surface area is 199 Å². The smallest absolute Gasteiger partial charge is 0.251 e. The number of ether oxygens (including phenoxy) is 2. The quantitative estimate of drug-likeness (QED) is 0.131. The van der Waals surface area contributed by atoms with Crippen LogP contribution in [0.2, 0.25) is 0 Å². The molecule has 0 aliphatic rings. The number of nitrogens with two attached hydrogens (primary N) is 3. The average molecular weight is 502 g/mol. The number of primary sulfonamides is 1. The molecule has 0 saturated heterocycles. The summed E-state index contributed by atoms with van der Waals surface area (Å²) in [5, 5.41) is 10.2. The number of rotatable bonds is 16. The zero-order chi connectivity index (χ0) is 25.7. The van der Waals surface area contributed by atoms with E-state index in [1.165, 1.54) is 24.3 Å². The first-order chi connectivity index (χ1) is 15.9. The molecule has 0 fully saturated rings. The van der Waals surface area contributed by atoms with Gasteiger partial charge in [0.2, 0.25) is 15.9 Å². The molecule has 0 aromatic heterocycles. The fraction of sp³-hybridized carbons (Fsp3) is 0.571. The number of nitrogens with one attached hydrogen (secondary N) is 2. The van der Waals surface area contributed by atoms with Gasteiger partial charge in [0, 0.05) is 18.7 Å². The maximum Gasteiger partial charge on any atom is 0.251 e. The second-order valence-electron chi connectivity index (χ2n) is 7.96. The lowest BCUT2D eigenvalue weighted by Crippen LogP contribution is -2.52. The van der Waals surface area contributed by atoms with Crippen LogP contribution >= 0.6 is 0 Å². The Morgan fingerprint density at radius 3 is 1.94 bits per heavy atom. The lowest BCUT2D eigenvalue weighted by atomic mass is 9.97. The predicted molar refractivity (Wildman–Crippen MR) is 125 cm³/mol. The Bertz CT molecular complexity index is 907. The van der Waals surface area contributed by atoms with Gasteiger partial charge in [-0.15, -0.1) is 0 Å². The van der Waals surface area contributed by atoms with Gasteiger partial charge in [-0.2, -0.15) is 0 Å². The summed E-state index contributed by atoms with van der Waals surface area (Å²) < 4.78 is 33.1. The Morgan fingerprint density at radius 2 is 1.44 bits per heavy atom. The Morgan fingerprint density at radius 1 is 0.912 bits per heavy atom. The van der Waals surface area contributed by atoms with Crippen LogP contribution in [0.5, 0.6) is 0 Å². The Kier molecular flexibility index (Phi) is 12.9. The van der Waals surface area contributed by atoms with E-state index in [1.54, 1.807) is 0 Å². The molecule has 34 heavy (non-hydrogen) atoms. The van der Waals surface area contributed by atoms with Crippen LogP contribution < -0.4 is 27.2 Å². The molecule has 0 aliphatic carbocycles. The van der Waals surface area contributed by atoms with Crippen LogP contribution in [0, 0.1) is 5.92 Å². The lowest BCUT2D eigenvalue weighted by Gasteiger charge is -2.17. The van der Waals surface area contributed by atoms with E-state index >= 15 is 0 Å². The second kappa shape index (κ2) is 14.8. The third-order valence-electron chi connectivity index (χ3n) is 4.57. The van der Waals surface area contributed by atoms with Crippen LogP contribution in [-0.2, 0) is 29.1 Å². The monoisotopic (exact) mass is 501 g/mol. The van der Waals surface area contributed by atoms with E-state index in [-0.39, 0.29) is 56.2 Å². The Hall–Kier alpha value is -2.42. The van der Waals surface area contributed by atoms with E-state index < -0.39 is 33.8 Å². The highest BCUT2D eigenvalue weighted by atomic mass is 32.2. The molecule has 1 unspecified atom stereocenters. The van der Waals surface area contributed by atoms with Gasteiger partial charge in [0.1, 0.15) is 6.04 Å². The summed E-state index contributed by atoms with van der Waals surface area (Å²) in [6, 6.07) is 3.17. The van der Waals surface area contributed by atoms with Gasteiger partial charge in [-0.1, -0.05) is 13.8 Å². The van der Waals surface area contributed by atoms with E-state index in [0.717, 1.165) is 0 Å². The first-order valence-electron chi connectivity index (χ1n) is 10.8. The molecule has 2 atom stereocenters. The number of sulfonamides is 1. The van der Waals surface area contributed by atoms with Crippen molar-refractivity contribution in [2.75, 3.05) is 39.5 Å². The second-order valence-corrected chi connectivity index (χ2v) is 9.52. The topological polar surface area (TPSA) is 206 Å². The standard InChI is InChI=1S/C21H35N5O7S/c1-14(2)13-17(22)19(27)18(23)21(29)26-8-10-33-12-11-32-9-7-25-20(28)15-3-5-16(6-4-15)34(24,30)31/h3-6,14,17-18H,7-13,22-23H2,1-2H3,(H,25,28)(H,26,29)(H2,24,30,31)/t17?,18-/m1/s1. The predicted octanol–water partition coefficient (Wildman–Crippen LogP) is -1.52. The number of carbonyl (C=O) groups excluding carboxylic acids is 3. The van der Waals surface area contributed by atoms with E-state index in [4.69, 9.17) is 26.1 Å². The molecule has 1 rings (SSSR count). The largest absolute Gasteiger partial charge is 0.377 e. The van der Waals surface area contributed by atoms with Crippen molar-refractivity contribution in [1.29, 1.82) is 0 Å². The first-order valence-corrected chi connectivity index (χ1v) is 12.4. The maximum atomic E-state index is 12.0. The molecule has 0 spiro atoms. The molecule has 0 radical (unpaired) electrons. The summed E-state index contributed by atoms with van der Waals surface area (Å²) in [4.78, 5) is 35.9. The van der Waals surface area contributed by atoms with Gasteiger partial charge in [0.25, 0.3) is 5.91 Å². The summed E-state index contributed by atoms with van der Waals surface area (Å²) in [7, 11) is -3.81. The van der Waals surface area contributed by atoms with E-state index in [1.807, 2.05) is 13.8 Å². The van der Waals surface area contributed by atoms with Gasteiger partial charge in [0.15, 0.2) is 5.78 Å². The highest BCUT2D eigenvalue weighted by Gasteiger charge is 2.27. The summed E-state index contributed by atoms with van der Waals surface area (Å²) in [6.07, 6.45) is 0.459. The van der Waals surface area contributed by atoms with Crippen LogP contribution in [-0.4, -0.2) is 77.6 Å². The molecule has 13 heteroatoms. The fourth-order valence-corrected chi connectivity index (χ4v) is 3.31. The average Bonchev–Trinajstić information content (AvgIpc) is 2.77. The van der Waals surface area contributed by atoms with Crippen LogP contribution in [0.3, 0.4) is 0 Å². The van der Waals surface area contributed by atoms with Gasteiger partial charge in [0.05, 0.1) is 37.4 Å². The van der Waals surface area contributed by atoms with Gasteiger partial charge in [-0.3, -0.25) is 14.4 Å². The van der Waals surface area contributed by atoms with Crippen LogP contribution in [0.4, 0.5) is 0 Å².